The zero-order chi connectivity index (χ0) is 15.1. The zero-order valence-electron chi connectivity index (χ0n) is 12.3. The van der Waals surface area contributed by atoms with Crippen LogP contribution in [-0.2, 0) is 4.74 Å². The van der Waals surface area contributed by atoms with Gasteiger partial charge in [0.1, 0.15) is 5.69 Å². The van der Waals surface area contributed by atoms with Gasteiger partial charge in [-0.1, -0.05) is 13.0 Å². The molecule has 0 saturated carbocycles. The monoisotopic (exact) mass is 294 g/mol. The molecule has 0 bridgehead atoms. The van der Waals surface area contributed by atoms with Crippen LogP contribution in [-0.4, -0.2) is 31.3 Å². The van der Waals surface area contributed by atoms with Crippen molar-refractivity contribution in [1.82, 2.24) is 0 Å². The average molecular weight is 294 g/mol. The smallest absolute Gasteiger partial charge is 0.333 e. The second kappa shape index (κ2) is 7.83. The van der Waals surface area contributed by atoms with Crippen LogP contribution in [0.2, 0.25) is 0 Å². The summed E-state index contributed by atoms with van der Waals surface area (Å²) in [7, 11) is 0. The van der Waals surface area contributed by atoms with Gasteiger partial charge in [0.2, 0.25) is 0 Å². The van der Waals surface area contributed by atoms with Gasteiger partial charge in [0.05, 0.1) is 11.5 Å². The van der Waals surface area contributed by atoms with Gasteiger partial charge in [-0.15, -0.1) is 0 Å². The number of rotatable bonds is 8. The SMILES string of the molecule is CCCOc1cccc(NCCC2CCOC2)c1[N+](=O)[O-]. The lowest BCUT2D eigenvalue weighted by Gasteiger charge is -2.12. The van der Waals surface area contributed by atoms with Gasteiger partial charge >= 0.3 is 5.69 Å². The molecule has 21 heavy (non-hydrogen) atoms. The summed E-state index contributed by atoms with van der Waals surface area (Å²) in [5.74, 6) is 0.882. The molecule has 1 heterocycles. The number of nitrogens with zero attached hydrogens (tertiary/aromatic N) is 1. The molecule has 1 saturated heterocycles. The lowest BCUT2D eigenvalue weighted by molar-refractivity contribution is -0.385. The fourth-order valence-electron chi connectivity index (χ4n) is 2.40. The number of anilines is 1. The lowest BCUT2D eigenvalue weighted by Crippen LogP contribution is -2.10. The van der Waals surface area contributed by atoms with Crippen molar-refractivity contribution < 1.29 is 14.4 Å². The van der Waals surface area contributed by atoms with Gasteiger partial charge in [0.15, 0.2) is 5.75 Å². The maximum atomic E-state index is 11.3. The van der Waals surface area contributed by atoms with Gasteiger partial charge in [-0.05, 0) is 37.3 Å². The Morgan fingerprint density at radius 2 is 2.38 bits per heavy atom. The summed E-state index contributed by atoms with van der Waals surface area (Å²) < 4.78 is 10.8. The third kappa shape index (κ3) is 4.32. The Morgan fingerprint density at radius 1 is 1.52 bits per heavy atom. The van der Waals surface area contributed by atoms with E-state index in [1.54, 1.807) is 18.2 Å². The molecule has 6 heteroatoms. The quantitative estimate of drug-likeness (QED) is 0.588. The molecule has 1 aromatic carbocycles. The van der Waals surface area contributed by atoms with Crippen molar-refractivity contribution in [2.24, 2.45) is 5.92 Å². The molecule has 0 aliphatic carbocycles. The molecule has 1 aliphatic rings. The highest BCUT2D eigenvalue weighted by Gasteiger charge is 2.21. The van der Waals surface area contributed by atoms with Crippen molar-refractivity contribution in [3.63, 3.8) is 0 Å². The van der Waals surface area contributed by atoms with Crippen molar-refractivity contribution in [2.45, 2.75) is 26.2 Å². The highest BCUT2D eigenvalue weighted by molar-refractivity contribution is 5.68. The van der Waals surface area contributed by atoms with Crippen LogP contribution in [0.5, 0.6) is 5.75 Å². The first-order valence-electron chi connectivity index (χ1n) is 7.44. The van der Waals surface area contributed by atoms with Crippen LogP contribution in [0.3, 0.4) is 0 Å². The van der Waals surface area contributed by atoms with Crippen LogP contribution < -0.4 is 10.1 Å². The Kier molecular flexibility index (Phi) is 5.80. The summed E-state index contributed by atoms with van der Waals surface area (Å²) in [6.45, 7) is 4.77. The summed E-state index contributed by atoms with van der Waals surface area (Å²) in [6, 6.07) is 5.14. The van der Waals surface area contributed by atoms with Gasteiger partial charge < -0.3 is 14.8 Å². The third-order valence-electron chi connectivity index (χ3n) is 3.54. The van der Waals surface area contributed by atoms with E-state index in [0.29, 0.717) is 30.5 Å². The van der Waals surface area contributed by atoms with Crippen molar-refractivity contribution in [3.05, 3.63) is 28.3 Å². The molecule has 1 aromatic rings. The number of nitro groups is 1. The highest BCUT2D eigenvalue weighted by atomic mass is 16.6. The largest absolute Gasteiger partial charge is 0.487 e. The Hall–Kier alpha value is -1.82. The van der Waals surface area contributed by atoms with E-state index >= 15 is 0 Å². The molecular formula is C15H22N2O4. The molecule has 1 N–H and O–H groups in total. The standard InChI is InChI=1S/C15H22N2O4/c1-2-9-21-14-5-3-4-13(15(14)17(18)19)16-8-6-12-7-10-20-11-12/h3-5,12,16H,2,6-11H2,1H3. The first-order chi connectivity index (χ1) is 10.2. The fourth-order valence-corrected chi connectivity index (χ4v) is 2.40. The molecule has 0 amide bonds. The Balaban J connectivity index is 2.01. The van der Waals surface area contributed by atoms with Crippen LogP contribution in [0.15, 0.2) is 18.2 Å². The minimum Gasteiger partial charge on any atom is -0.487 e. The predicted octanol–water partition coefficient (Wildman–Crippen LogP) is 3.22. The van der Waals surface area contributed by atoms with E-state index in [1.165, 1.54) is 0 Å². The summed E-state index contributed by atoms with van der Waals surface area (Å²) in [6.07, 6.45) is 2.84. The first kappa shape index (κ1) is 15.6. The highest BCUT2D eigenvalue weighted by Crippen LogP contribution is 2.35. The summed E-state index contributed by atoms with van der Waals surface area (Å²) in [4.78, 5) is 10.9. The Morgan fingerprint density at radius 3 is 3.05 bits per heavy atom. The van der Waals surface area contributed by atoms with Crippen LogP contribution in [0, 0.1) is 16.0 Å². The summed E-state index contributed by atoms with van der Waals surface area (Å²) in [5, 5.41) is 14.5. The molecular weight excluding hydrogens is 272 g/mol. The third-order valence-corrected chi connectivity index (χ3v) is 3.54. The first-order valence-corrected chi connectivity index (χ1v) is 7.44. The molecule has 1 fully saturated rings. The molecule has 0 spiro atoms. The summed E-state index contributed by atoms with van der Waals surface area (Å²) in [5.41, 5.74) is 0.543. The molecule has 0 radical (unpaired) electrons. The van der Waals surface area contributed by atoms with Crippen LogP contribution in [0.1, 0.15) is 26.2 Å². The van der Waals surface area contributed by atoms with Crippen LogP contribution >= 0.6 is 0 Å². The maximum Gasteiger partial charge on any atom is 0.333 e. The lowest BCUT2D eigenvalue weighted by atomic mass is 10.1. The zero-order valence-corrected chi connectivity index (χ0v) is 12.3. The van der Waals surface area contributed by atoms with Crippen molar-refractivity contribution >= 4 is 11.4 Å². The van der Waals surface area contributed by atoms with Crippen molar-refractivity contribution in [3.8, 4) is 5.75 Å². The maximum absolute atomic E-state index is 11.3. The van der Waals surface area contributed by atoms with Gasteiger partial charge in [-0.25, -0.2) is 0 Å². The number of hydrogen-bond donors (Lipinski definition) is 1. The van der Waals surface area contributed by atoms with E-state index in [-0.39, 0.29) is 10.6 Å². The fraction of sp³-hybridized carbons (Fsp3) is 0.600. The number of para-hydroxylation sites is 1. The van der Waals surface area contributed by atoms with E-state index < -0.39 is 0 Å². The number of nitrogens with one attached hydrogen (secondary N) is 1. The second-order valence-electron chi connectivity index (χ2n) is 5.20. The van der Waals surface area contributed by atoms with E-state index in [4.69, 9.17) is 9.47 Å². The van der Waals surface area contributed by atoms with Crippen LogP contribution in [0.4, 0.5) is 11.4 Å². The molecule has 1 atom stereocenters. The van der Waals surface area contributed by atoms with Crippen LogP contribution in [0.25, 0.3) is 0 Å². The Labute approximate surface area is 124 Å². The van der Waals surface area contributed by atoms with Crippen molar-refractivity contribution in [2.75, 3.05) is 31.7 Å². The molecule has 116 valence electrons. The van der Waals surface area contributed by atoms with Crippen molar-refractivity contribution in [1.29, 1.82) is 0 Å². The topological polar surface area (TPSA) is 73.6 Å². The molecule has 0 aromatic heterocycles. The minimum absolute atomic E-state index is 0.0219. The van der Waals surface area contributed by atoms with Gasteiger partial charge in [-0.3, -0.25) is 10.1 Å². The van der Waals surface area contributed by atoms with E-state index in [9.17, 15) is 10.1 Å². The number of hydrogen-bond acceptors (Lipinski definition) is 5. The van der Waals surface area contributed by atoms with E-state index in [0.717, 1.165) is 32.5 Å². The van der Waals surface area contributed by atoms with Gasteiger partial charge in [0, 0.05) is 19.8 Å². The average Bonchev–Trinajstić information content (AvgIpc) is 2.98. The predicted molar refractivity (Wildman–Crippen MR) is 80.9 cm³/mol. The van der Waals surface area contributed by atoms with Gasteiger partial charge in [-0.2, -0.15) is 0 Å². The molecule has 6 nitrogen and oxygen atoms in total. The number of ether oxygens (including phenoxy) is 2. The molecule has 1 unspecified atom stereocenters. The number of benzene rings is 1. The summed E-state index contributed by atoms with van der Waals surface area (Å²) >= 11 is 0. The Bertz CT molecular complexity index is 473. The second-order valence-corrected chi connectivity index (χ2v) is 5.20. The normalized spacial score (nSPS) is 17.7. The molecule has 2 rings (SSSR count). The molecule has 1 aliphatic heterocycles. The van der Waals surface area contributed by atoms with E-state index in [1.807, 2.05) is 6.92 Å². The van der Waals surface area contributed by atoms with E-state index in [2.05, 4.69) is 5.32 Å². The van der Waals surface area contributed by atoms with Gasteiger partial charge in [0.25, 0.3) is 0 Å². The minimum atomic E-state index is -0.383. The number of nitro benzene ring substituents is 1.